The summed E-state index contributed by atoms with van der Waals surface area (Å²) in [7, 11) is 1.69. The van der Waals surface area contributed by atoms with Gasteiger partial charge in [-0.05, 0) is 33.6 Å². The topological polar surface area (TPSA) is 111 Å². The summed E-state index contributed by atoms with van der Waals surface area (Å²) < 4.78 is 6.60. The summed E-state index contributed by atoms with van der Waals surface area (Å²) in [5, 5.41) is 9.61. The lowest BCUT2D eigenvalue weighted by Crippen LogP contribution is -2.34. The summed E-state index contributed by atoms with van der Waals surface area (Å²) >= 11 is 0. The van der Waals surface area contributed by atoms with E-state index in [-0.39, 0.29) is 5.91 Å². The molecule has 0 aliphatic heterocycles. The number of hydrogen-bond acceptors (Lipinski definition) is 5. The number of ether oxygens (including phenoxy) is 1. The molecule has 0 aromatic carbocycles. The molecule has 0 aliphatic rings. The summed E-state index contributed by atoms with van der Waals surface area (Å²) in [6.45, 7) is 8.17. The Kier molecular flexibility index (Phi) is 6.41. The van der Waals surface area contributed by atoms with Gasteiger partial charge in [-0.25, -0.2) is 4.79 Å². The smallest absolute Gasteiger partial charge is 0.407 e. The van der Waals surface area contributed by atoms with Crippen LogP contribution in [0.15, 0.2) is 0 Å². The first-order chi connectivity index (χ1) is 10.7. The van der Waals surface area contributed by atoms with Gasteiger partial charge in [0.1, 0.15) is 11.3 Å². The fourth-order valence-corrected chi connectivity index (χ4v) is 2.01. The Bertz CT molecular complexity index is 560. The number of aryl methyl sites for hydroxylation is 2. The third-order valence-electron chi connectivity index (χ3n) is 3.02. The van der Waals surface area contributed by atoms with Crippen molar-refractivity contribution in [3.05, 3.63) is 11.4 Å². The van der Waals surface area contributed by atoms with Gasteiger partial charge in [-0.15, -0.1) is 0 Å². The highest BCUT2D eigenvalue weighted by molar-refractivity contribution is 5.97. The van der Waals surface area contributed by atoms with Crippen molar-refractivity contribution in [1.29, 1.82) is 0 Å². The molecule has 0 radical (unpaired) electrons. The molecule has 8 nitrogen and oxygen atoms in total. The first-order valence-corrected chi connectivity index (χ1v) is 7.72. The molecular weight excluding hydrogens is 298 g/mol. The minimum absolute atomic E-state index is 0.269. The molecule has 1 heterocycles. The van der Waals surface area contributed by atoms with Gasteiger partial charge in [0.25, 0.3) is 5.91 Å². The molecule has 0 saturated heterocycles. The molecule has 1 rings (SSSR count). The zero-order valence-corrected chi connectivity index (χ0v) is 14.5. The van der Waals surface area contributed by atoms with Gasteiger partial charge in [0, 0.05) is 20.1 Å². The Hall–Kier alpha value is -2.25. The standard InChI is InChI=1S/C15H27N5O3/c1-6-10-11(16)12(20(5)19-10)13(21)17-8-7-9-18-14(22)23-15(2,3)4/h6-9,16H2,1-5H3,(H,17,21)(H,18,22). The highest BCUT2D eigenvalue weighted by Crippen LogP contribution is 2.16. The van der Waals surface area contributed by atoms with Crippen LogP contribution in [0, 0.1) is 0 Å². The molecule has 1 aromatic heterocycles. The van der Waals surface area contributed by atoms with Crippen LogP contribution in [0.3, 0.4) is 0 Å². The maximum atomic E-state index is 12.1. The molecule has 1 aromatic rings. The summed E-state index contributed by atoms with van der Waals surface area (Å²) in [5.74, 6) is -0.269. The number of nitrogens with zero attached hydrogens (tertiary/aromatic N) is 2. The second kappa shape index (κ2) is 7.85. The normalized spacial score (nSPS) is 11.2. The van der Waals surface area contributed by atoms with Crippen molar-refractivity contribution < 1.29 is 14.3 Å². The first kappa shape index (κ1) is 18.8. The third-order valence-corrected chi connectivity index (χ3v) is 3.02. The summed E-state index contributed by atoms with van der Waals surface area (Å²) in [4.78, 5) is 23.6. The van der Waals surface area contributed by atoms with Gasteiger partial charge in [-0.3, -0.25) is 9.48 Å². The molecule has 0 unspecified atom stereocenters. The monoisotopic (exact) mass is 325 g/mol. The van der Waals surface area contributed by atoms with Crippen molar-refractivity contribution in [2.45, 2.75) is 46.1 Å². The summed E-state index contributed by atoms with van der Waals surface area (Å²) in [6.07, 6.45) is 0.795. The van der Waals surface area contributed by atoms with Gasteiger partial charge < -0.3 is 21.1 Å². The number of amides is 2. The average molecular weight is 325 g/mol. The fourth-order valence-electron chi connectivity index (χ4n) is 2.01. The van der Waals surface area contributed by atoms with E-state index in [0.29, 0.717) is 43.0 Å². The minimum atomic E-state index is -0.521. The van der Waals surface area contributed by atoms with Gasteiger partial charge in [0.2, 0.25) is 0 Å². The minimum Gasteiger partial charge on any atom is -0.444 e. The number of nitrogen functional groups attached to an aromatic ring is 1. The lowest BCUT2D eigenvalue weighted by molar-refractivity contribution is 0.0527. The molecule has 23 heavy (non-hydrogen) atoms. The van der Waals surface area contributed by atoms with Crippen molar-refractivity contribution >= 4 is 17.7 Å². The van der Waals surface area contributed by atoms with Gasteiger partial charge in [-0.1, -0.05) is 6.92 Å². The zero-order valence-electron chi connectivity index (χ0n) is 14.5. The van der Waals surface area contributed by atoms with E-state index in [9.17, 15) is 9.59 Å². The second-order valence-electron chi connectivity index (χ2n) is 6.22. The molecule has 0 aliphatic carbocycles. The van der Waals surface area contributed by atoms with Crippen molar-refractivity contribution in [3.63, 3.8) is 0 Å². The van der Waals surface area contributed by atoms with Crippen LogP contribution < -0.4 is 16.4 Å². The van der Waals surface area contributed by atoms with E-state index in [4.69, 9.17) is 10.5 Å². The highest BCUT2D eigenvalue weighted by Gasteiger charge is 2.19. The number of hydrogen-bond donors (Lipinski definition) is 3. The van der Waals surface area contributed by atoms with Crippen molar-refractivity contribution in [2.24, 2.45) is 7.05 Å². The predicted octanol–water partition coefficient (Wildman–Crippen LogP) is 1.21. The SMILES string of the molecule is CCc1nn(C)c(C(=O)NCCCNC(=O)OC(C)(C)C)c1N. The van der Waals surface area contributed by atoms with Crippen LogP contribution in [0.5, 0.6) is 0 Å². The number of alkyl carbamates (subject to hydrolysis) is 1. The van der Waals surface area contributed by atoms with Crippen LogP contribution in [-0.4, -0.2) is 40.5 Å². The van der Waals surface area contributed by atoms with Crippen LogP contribution in [0.4, 0.5) is 10.5 Å². The van der Waals surface area contributed by atoms with Gasteiger partial charge in [0.15, 0.2) is 0 Å². The van der Waals surface area contributed by atoms with Gasteiger partial charge >= 0.3 is 6.09 Å². The predicted molar refractivity (Wildman–Crippen MR) is 88.2 cm³/mol. The quantitative estimate of drug-likeness (QED) is 0.681. The van der Waals surface area contributed by atoms with E-state index in [1.807, 2.05) is 6.92 Å². The zero-order chi connectivity index (χ0) is 17.6. The van der Waals surface area contributed by atoms with Gasteiger partial charge in [0.05, 0.1) is 11.4 Å². The molecule has 0 spiro atoms. The molecule has 8 heteroatoms. The van der Waals surface area contributed by atoms with Crippen molar-refractivity contribution in [3.8, 4) is 0 Å². The number of anilines is 1. The molecule has 0 bridgehead atoms. The van der Waals surface area contributed by atoms with Crippen molar-refractivity contribution in [2.75, 3.05) is 18.8 Å². The fraction of sp³-hybridized carbons (Fsp3) is 0.667. The van der Waals surface area contributed by atoms with Crippen LogP contribution in [0.2, 0.25) is 0 Å². The van der Waals surface area contributed by atoms with E-state index in [2.05, 4.69) is 15.7 Å². The van der Waals surface area contributed by atoms with E-state index < -0.39 is 11.7 Å². The molecule has 0 saturated carbocycles. The lowest BCUT2D eigenvalue weighted by atomic mass is 10.2. The number of nitrogens with one attached hydrogen (secondary N) is 2. The van der Waals surface area contributed by atoms with E-state index >= 15 is 0 Å². The number of nitrogens with two attached hydrogens (primary N) is 1. The largest absolute Gasteiger partial charge is 0.444 e. The lowest BCUT2D eigenvalue weighted by Gasteiger charge is -2.19. The van der Waals surface area contributed by atoms with E-state index in [1.54, 1.807) is 27.8 Å². The molecular formula is C15H27N5O3. The number of aromatic nitrogens is 2. The average Bonchev–Trinajstić information content (AvgIpc) is 2.70. The molecule has 130 valence electrons. The van der Waals surface area contributed by atoms with Crippen molar-refractivity contribution in [1.82, 2.24) is 20.4 Å². The van der Waals surface area contributed by atoms with Crippen LogP contribution in [0.25, 0.3) is 0 Å². The number of carbonyl (C=O) groups excluding carboxylic acids is 2. The third kappa shape index (κ3) is 5.80. The molecule has 2 amide bonds. The molecule has 4 N–H and O–H groups in total. The Morgan fingerprint density at radius 3 is 2.39 bits per heavy atom. The Morgan fingerprint density at radius 2 is 1.87 bits per heavy atom. The number of carbonyl (C=O) groups is 2. The Labute approximate surface area is 136 Å². The van der Waals surface area contributed by atoms with Crippen LogP contribution in [-0.2, 0) is 18.2 Å². The maximum absolute atomic E-state index is 12.1. The van der Waals surface area contributed by atoms with Crippen LogP contribution in [0.1, 0.15) is 50.3 Å². The summed E-state index contributed by atoms with van der Waals surface area (Å²) in [6, 6.07) is 0. The molecule has 0 atom stereocenters. The van der Waals surface area contributed by atoms with Gasteiger partial charge in [-0.2, -0.15) is 5.10 Å². The second-order valence-corrected chi connectivity index (χ2v) is 6.22. The maximum Gasteiger partial charge on any atom is 0.407 e. The van der Waals surface area contributed by atoms with E-state index in [1.165, 1.54) is 4.68 Å². The van der Waals surface area contributed by atoms with E-state index in [0.717, 1.165) is 0 Å². The van der Waals surface area contributed by atoms with Crippen LogP contribution >= 0.6 is 0 Å². The Balaban J connectivity index is 2.35. The molecule has 0 fully saturated rings. The first-order valence-electron chi connectivity index (χ1n) is 7.72. The summed E-state index contributed by atoms with van der Waals surface area (Å²) in [5.41, 5.74) is 6.90. The highest BCUT2D eigenvalue weighted by atomic mass is 16.6. The number of rotatable bonds is 6. The Morgan fingerprint density at radius 1 is 1.26 bits per heavy atom.